The minimum Gasteiger partial charge on any atom is -0.378 e. The molecular weight excluding hydrogens is 374 g/mol. The van der Waals surface area contributed by atoms with Crippen molar-refractivity contribution in [3.8, 4) is 0 Å². The largest absolute Gasteiger partial charge is 0.378 e. The number of amides is 3. The lowest BCUT2D eigenvalue weighted by atomic mass is 9.80. The van der Waals surface area contributed by atoms with E-state index in [4.69, 9.17) is 10.5 Å². The quantitative estimate of drug-likeness (QED) is 0.481. The van der Waals surface area contributed by atoms with Crippen LogP contribution in [0, 0.1) is 11.8 Å². The van der Waals surface area contributed by atoms with E-state index in [0.717, 1.165) is 18.4 Å². The zero-order valence-corrected chi connectivity index (χ0v) is 16.7. The Hall–Kier alpha value is -2.52. The Morgan fingerprint density at radius 1 is 1.24 bits per heavy atom. The highest BCUT2D eigenvalue weighted by Crippen LogP contribution is 2.36. The third kappa shape index (κ3) is 5.30. The number of likely N-dealkylation sites (tertiary alicyclic amines) is 1. The van der Waals surface area contributed by atoms with Crippen LogP contribution in [0.4, 0.5) is 0 Å². The van der Waals surface area contributed by atoms with Gasteiger partial charge in [-0.3, -0.25) is 19.4 Å². The maximum absolute atomic E-state index is 12.6. The van der Waals surface area contributed by atoms with Crippen molar-refractivity contribution in [3.63, 3.8) is 0 Å². The summed E-state index contributed by atoms with van der Waals surface area (Å²) in [5.74, 6) is -0.623. The van der Waals surface area contributed by atoms with Gasteiger partial charge >= 0.3 is 0 Å². The lowest BCUT2D eigenvalue weighted by Crippen LogP contribution is -2.45. The number of carbonyl (C=O) groups excluding carboxylic acids is 3. The minimum atomic E-state index is -0.454. The van der Waals surface area contributed by atoms with Gasteiger partial charge in [0.25, 0.3) is 0 Å². The summed E-state index contributed by atoms with van der Waals surface area (Å²) in [7, 11) is 1.71. The fourth-order valence-corrected chi connectivity index (χ4v) is 3.86. The third-order valence-corrected chi connectivity index (χ3v) is 5.59. The molecule has 3 rings (SSSR count). The van der Waals surface area contributed by atoms with Crippen LogP contribution in [0.5, 0.6) is 0 Å². The second kappa shape index (κ2) is 9.80. The number of nitrogens with one attached hydrogen (secondary N) is 2. The van der Waals surface area contributed by atoms with Crippen molar-refractivity contribution in [3.05, 3.63) is 30.1 Å². The Morgan fingerprint density at radius 2 is 1.93 bits per heavy atom. The van der Waals surface area contributed by atoms with Gasteiger partial charge in [-0.25, -0.2) is 0 Å². The first-order valence-corrected chi connectivity index (χ1v) is 10.0. The maximum Gasteiger partial charge on any atom is 0.226 e. The van der Waals surface area contributed by atoms with Crippen molar-refractivity contribution in [2.45, 2.75) is 31.3 Å². The topological polar surface area (TPSA) is 127 Å². The van der Waals surface area contributed by atoms with E-state index >= 15 is 0 Å². The molecule has 1 aromatic rings. The van der Waals surface area contributed by atoms with Gasteiger partial charge in [0.05, 0.1) is 25.2 Å². The molecule has 1 aliphatic heterocycles. The molecule has 2 aliphatic rings. The van der Waals surface area contributed by atoms with Crippen LogP contribution >= 0.6 is 0 Å². The number of hydrogen-bond acceptors (Lipinski definition) is 6. The molecule has 4 N–H and O–H groups in total. The summed E-state index contributed by atoms with van der Waals surface area (Å²) in [6, 6.07) is 3.51. The number of hydrogen-bond donors (Lipinski definition) is 3. The average molecular weight is 403 g/mol. The molecule has 1 aromatic heterocycles. The number of nitrogens with zero attached hydrogens (tertiary/aromatic N) is 2. The summed E-state index contributed by atoms with van der Waals surface area (Å²) < 4.78 is 5.46. The summed E-state index contributed by atoms with van der Waals surface area (Å²) in [6.45, 7) is 1.50. The van der Waals surface area contributed by atoms with Crippen molar-refractivity contribution < 1.29 is 19.1 Å². The molecule has 2 atom stereocenters. The van der Waals surface area contributed by atoms with E-state index in [9.17, 15) is 14.4 Å². The van der Waals surface area contributed by atoms with Gasteiger partial charge in [0.2, 0.25) is 17.7 Å². The van der Waals surface area contributed by atoms with Crippen LogP contribution < -0.4 is 16.4 Å². The van der Waals surface area contributed by atoms with E-state index in [1.807, 2.05) is 6.07 Å². The van der Waals surface area contributed by atoms with Crippen molar-refractivity contribution in [2.75, 3.05) is 33.4 Å². The smallest absolute Gasteiger partial charge is 0.226 e. The van der Waals surface area contributed by atoms with E-state index < -0.39 is 5.92 Å². The van der Waals surface area contributed by atoms with Gasteiger partial charge in [0.15, 0.2) is 0 Å². The summed E-state index contributed by atoms with van der Waals surface area (Å²) in [4.78, 5) is 42.2. The van der Waals surface area contributed by atoms with Gasteiger partial charge in [-0.15, -0.1) is 0 Å². The van der Waals surface area contributed by atoms with E-state index in [1.165, 1.54) is 0 Å². The molecular formula is C20H29N5O4. The standard InChI is InChI=1S/C20H29N5O4/c1-25-17(26)11-16(18(25)13-3-2-4-22-12-13)20(28)24-6-8-29-7-5-23-19(27)14-9-15(21)10-14/h2-4,12,14-16,18H,5-11,21H2,1H3,(H,23,27)(H,24,28)/t14-,15+,16-,18+/m0/s1. The molecule has 2 heterocycles. The lowest BCUT2D eigenvalue weighted by Gasteiger charge is -2.31. The van der Waals surface area contributed by atoms with Crippen molar-refractivity contribution in [1.82, 2.24) is 20.5 Å². The monoisotopic (exact) mass is 403 g/mol. The molecule has 0 radical (unpaired) electrons. The van der Waals surface area contributed by atoms with Crippen LogP contribution in [0.2, 0.25) is 0 Å². The number of carbonyl (C=O) groups is 3. The number of nitrogens with two attached hydrogens (primary N) is 1. The van der Waals surface area contributed by atoms with Gasteiger partial charge in [0, 0.05) is 50.9 Å². The van der Waals surface area contributed by atoms with Gasteiger partial charge < -0.3 is 26.0 Å². The molecule has 2 fully saturated rings. The molecule has 3 amide bonds. The van der Waals surface area contributed by atoms with E-state index in [2.05, 4.69) is 15.6 Å². The zero-order valence-electron chi connectivity index (χ0n) is 16.7. The summed E-state index contributed by atoms with van der Waals surface area (Å²) in [6.07, 6.45) is 5.03. The molecule has 1 aliphatic carbocycles. The van der Waals surface area contributed by atoms with Gasteiger partial charge in [-0.1, -0.05) is 6.07 Å². The lowest BCUT2D eigenvalue weighted by molar-refractivity contribution is -0.128. The molecule has 0 aromatic carbocycles. The van der Waals surface area contributed by atoms with E-state index in [-0.39, 0.29) is 42.1 Å². The fourth-order valence-electron chi connectivity index (χ4n) is 3.86. The van der Waals surface area contributed by atoms with Crippen LogP contribution in [0.3, 0.4) is 0 Å². The SMILES string of the molecule is CN1C(=O)C[C@H](C(=O)NCCOCCNC(=O)[C@H]2C[C@@H](N)C2)[C@H]1c1cccnc1. The second-order valence-corrected chi connectivity index (χ2v) is 7.67. The van der Waals surface area contributed by atoms with Gasteiger partial charge in [-0.05, 0) is 24.5 Å². The molecule has 1 saturated carbocycles. The summed E-state index contributed by atoms with van der Waals surface area (Å²) >= 11 is 0. The second-order valence-electron chi connectivity index (χ2n) is 7.67. The Bertz CT molecular complexity index is 723. The highest BCUT2D eigenvalue weighted by molar-refractivity contribution is 5.90. The average Bonchev–Trinajstić information content (AvgIpc) is 3.00. The van der Waals surface area contributed by atoms with Crippen LogP contribution in [0.25, 0.3) is 0 Å². The van der Waals surface area contributed by atoms with Gasteiger partial charge in [0.1, 0.15) is 0 Å². The molecule has 9 nitrogen and oxygen atoms in total. The number of ether oxygens (including phenoxy) is 1. The Balaban J connectivity index is 1.34. The van der Waals surface area contributed by atoms with Crippen LogP contribution in [-0.4, -0.2) is 67.0 Å². The van der Waals surface area contributed by atoms with Crippen LogP contribution in [-0.2, 0) is 19.1 Å². The van der Waals surface area contributed by atoms with Crippen LogP contribution in [0.1, 0.15) is 30.9 Å². The van der Waals surface area contributed by atoms with Crippen molar-refractivity contribution >= 4 is 17.7 Å². The molecule has 0 spiro atoms. The van der Waals surface area contributed by atoms with Crippen molar-refractivity contribution in [1.29, 1.82) is 0 Å². The highest BCUT2D eigenvalue weighted by Gasteiger charge is 2.42. The predicted molar refractivity (Wildman–Crippen MR) is 105 cm³/mol. The molecule has 9 heteroatoms. The van der Waals surface area contributed by atoms with Crippen LogP contribution in [0.15, 0.2) is 24.5 Å². The van der Waals surface area contributed by atoms with E-state index in [0.29, 0.717) is 26.3 Å². The Morgan fingerprint density at radius 3 is 2.55 bits per heavy atom. The molecule has 1 saturated heterocycles. The van der Waals surface area contributed by atoms with Gasteiger partial charge in [-0.2, -0.15) is 0 Å². The highest BCUT2D eigenvalue weighted by atomic mass is 16.5. The van der Waals surface area contributed by atoms with Crippen molar-refractivity contribution in [2.24, 2.45) is 17.6 Å². The summed E-state index contributed by atoms with van der Waals surface area (Å²) in [5, 5.41) is 5.67. The first kappa shape index (κ1) is 21.2. The maximum atomic E-state index is 12.6. The zero-order chi connectivity index (χ0) is 20.8. The fraction of sp³-hybridized carbons (Fsp3) is 0.600. The predicted octanol–water partition coefficient (Wildman–Crippen LogP) is -0.413. The Kier molecular flexibility index (Phi) is 7.16. The molecule has 158 valence electrons. The Labute approximate surface area is 170 Å². The normalized spacial score (nSPS) is 26.1. The molecule has 0 bridgehead atoms. The summed E-state index contributed by atoms with van der Waals surface area (Å²) in [5.41, 5.74) is 6.53. The first-order valence-electron chi connectivity index (χ1n) is 10.0. The molecule has 29 heavy (non-hydrogen) atoms. The minimum absolute atomic E-state index is 0.0278. The van der Waals surface area contributed by atoms with E-state index in [1.54, 1.807) is 30.4 Å². The number of rotatable bonds is 9. The number of aromatic nitrogens is 1. The molecule has 0 unspecified atom stereocenters. The third-order valence-electron chi connectivity index (χ3n) is 5.59. The number of pyridine rings is 1. The first-order chi connectivity index (χ1) is 14.0.